The molecule has 0 unspecified atom stereocenters. The molecule has 1 aliphatic heterocycles. The summed E-state index contributed by atoms with van der Waals surface area (Å²) in [6.45, 7) is 0.942. The molecule has 0 spiro atoms. The van der Waals surface area contributed by atoms with E-state index in [0.717, 1.165) is 34.0 Å². The number of fused-ring (bicyclic) bond motifs is 1. The Kier molecular flexibility index (Phi) is 3.28. The summed E-state index contributed by atoms with van der Waals surface area (Å²) in [5.41, 5.74) is 3.22. The van der Waals surface area contributed by atoms with Crippen molar-refractivity contribution in [1.82, 2.24) is 9.78 Å². The summed E-state index contributed by atoms with van der Waals surface area (Å²) in [5.74, 6) is 1.06. The first-order chi connectivity index (χ1) is 10.2. The second kappa shape index (κ2) is 5.16. The Morgan fingerprint density at radius 3 is 2.86 bits per heavy atom. The van der Waals surface area contributed by atoms with Crippen molar-refractivity contribution in [1.29, 1.82) is 0 Å². The quantitative estimate of drug-likeness (QED) is 0.679. The van der Waals surface area contributed by atoms with Gasteiger partial charge in [-0.05, 0) is 46.6 Å². The number of nitrogens with one attached hydrogen (secondary N) is 1. The van der Waals surface area contributed by atoms with Crippen molar-refractivity contribution >= 4 is 44.7 Å². The van der Waals surface area contributed by atoms with Crippen molar-refractivity contribution in [2.24, 2.45) is 0 Å². The SMILES string of the molecule is Clc1ccccc1-n1nc(-c2ccc(Br)s2)c2c1NCC2. The highest BCUT2D eigenvalue weighted by Gasteiger charge is 2.25. The predicted molar refractivity (Wildman–Crippen MR) is 91.8 cm³/mol. The van der Waals surface area contributed by atoms with Crippen LogP contribution in [0.3, 0.4) is 0 Å². The van der Waals surface area contributed by atoms with E-state index < -0.39 is 0 Å². The van der Waals surface area contributed by atoms with E-state index in [1.807, 2.05) is 28.9 Å². The minimum Gasteiger partial charge on any atom is -0.369 e. The summed E-state index contributed by atoms with van der Waals surface area (Å²) in [4.78, 5) is 1.17. The van der Waals surface area contributed by atoms with Gasteiger partial charge in [0, 0.05) is 12.1 Å². The minimum atomic E-state index is 0.704. The number of thiophene rings is 1. The minimum absolute atomic E-state index is 0.704. The zero-order valence-electron chi connectivity index (χ0n) is 10.9. The number of aromatic nitrogens is 2. The van der Waals surface area contributed by atoms with E-state index in [-0.39, 0.29) is 0 Å². The number of para-hydroxylation sites is 1. The molecule has 3 nitrogen and oxygen atoms in total. The van der Waals surface area contributed by atoms with Gasteiger partial charge in [0.2, 0.25) is 0 Å². The second-order valence-corrected chi connectivity index (χ2v) is 7.69. The highest BCUT2D eigenvalue weighted by molar-refractivity contribution is 9.11. The number of rotatable bonds is 2. The first-order valence-corrected chi connectivity index (χ1v) is 8.59. The van der Waals surface area contributed by atoms with Gasteiger partial charge in [0.1, 0.15) is 11.5 Å². The van der Waals surface area contributed by atoms with Crippen LogP contribution < -0.4 is 5.32 Å². The number of nitrogens with zero attached hydrogens (tertiary/aromatic N) is 2. The molecule has 0 fully saturated rings. The Bertz CT molecular complexity index is 824. The lowest BCUT2D eigenvalue weighted by Gasteiger charge is -2.07. The zero-order valence-corrected chi connectivity index (χ0v) is 14.1. The smallest absolute Gasteiger partial charge is 0.133 e. The summed E-state index contributed by atoms with van der Waals surface area (Å²) >= 11 is 11.5. The van der Waals surface area contributed by atoms with Gasteiger partial charge in [0.15, 0.2) is 0 Å². The Hall–Kier alpha value is -1.30. The largest absolute Gasteiger partial charge is 0.369 e. The van der Waals surface area contributed by atoms with Crippen LogP contribution in [0.15, 0.2) is 40.2 Å². The molecular weight excluding hydrogens is 370 g/mol. The first kappa shape index (κ1) is 13.4. The standard InChI is InChI=1S/C15H11BrClN3S/c16-13-6-5-12(21-13)14-9-7-8-18-15(9)20(19-14)11-4-2-1-3-10(11)17/h1-6,18H,7-8H2. The summed E-state index contributed by atoms with van der Waals surface area (Å²) in [6.07, 6.45) is 0.991. The highest BCUT2D eigenvalue weighted by atomic mass is 79.9. The number of halogens is 2. The van der Waals surface area contributed by atoms with E-state index in [1.165, 1.54) is 10.4 Å². The van der Waals surface area contributed by atoms with Crippen LogP contribution in [0, 0.1) is 0 Å². The van der Waals surface area contributed by atoms with E-state index in [9.17, 15) is 0 Å². The van der Waals surface area contributed by atoms with E-state index in [2.05, 4.69) is 33.4 Å². The van der Waals surface area contributed by atoms with Crippen molar-refractivity contribution in [2.45, 2.75) is 6.42 Å². The Morgan fingerprint density at radius 2 is 2.10 bits per heavy atom. The van der Waals surface area contributed by atoms with Crippen molar-refractivity contribution in [3.05, 3.63) is 50.8 Å². The molecule has 1 N–H and O–H groups in total. The maximum atomic E-state index is 6.33. The van der Waals surface area contributed by atoms with E-state index in [4.69, 9.17) is 16.7 Å². The number of hydrogen-bond acceptors (Lipinski definition) is 3. The molecule has 1 aliphatic rings. The third-order valence-electron chi connectivity index (χ3n) is 3.54. The predicted octanol–water partition coefficient (Wildman–Crippen LogP) is 4.98. The van der Waals surface area contributed by atoms with Crippen LogP contribution in [0.1, 0.15) is 5.56 Å². The van der Waals surface area contributed by atoms with Gasteiger partial charge in [-0.3, -0.25) is 0 Å². The molecule has 0 aliphatic carbocycles. The van der Waals surface area contributed by atoms with Crippen molar-refractivity contribution in [3.8, 4) is 16.3 Å². The van der Waals surface area contributed by atoms with E-state index in [1.54, 1.807) is 11.3 Å². The third kappa shape index (κ3) is 2.20. The maximum Gasteiger partial charge on any atom is 0.133 e. The van der Waals surface area contributed by atoms with Crippen LogP contribution in [0.4, 0.5) is 5.82 Å². The van der Waals surface area contributed by atoms with Gasteiger partial charge in [-0.2, -0.15) is 5.10 Å². The fourth-order valence-corrected chi connectivity index (χ4v) is 4.23. The molecule has 0 radical (unpaired) electrons. The molecule has 2 aromatic heterocycles. The third-order valence-corrected chi connectivity index (χ3v) is 5.49. The Labute approximate surface area is 139 Å². The fourth-order valence-electron chi connectivity index (χ4n) is 2.61. The van der Waals surface area contributed by atoms with Gasteiger partial charge >= 0.3 is 0 Å². The second-order valence-electron chi connectivity index (χ2n) is 4.82. The number of anilines is 1. The molecule has 3 heterocycles. The summed E-state index contributed by atoms with van der Waals surface area (Å²) < 4.78 is 3.04. The summed E-state index contributed by atoms with van der Waals surface area (Å²) in [6, 6.07) is 12.0. The van der Waals surface area contributed by atoms with Crippen LogP contribution in [-0.4, -0.2) is 16.3 Å². The molecule has 3 aromatic rings. The van der Waals surface area contributed by atoms with Gasteiger partial charge in [-0.1, -0.05) is 23.7 Å². The van der Waals surface area contributed by atoms with E-state index in [0.29, 0.717) is 5.02 Å². The molecule has 1 aromatic carbocycles. The average Bonchev–Trinajstić information content (AvgIpc) is 3.15. The molecule has 6 heteroatoms. The first-order valence-electron chi connectivity index (χ1n) is 6.60. The van der Waals surface area contributed by atoms with Gasteiger partial charge in [0.25, 0.3) is 0 Å². The summed E-state index contributed by atoms with van der Waals surface area (Å²) in [7, 11) is 0. The average molecular weight is 381 g/mol. The Balaban J connectivity index is 1.93. The molecule has 0 atom stereocenters. The van der Waals surface area contributed by atoms with Gasteiger partial charge in [0.05, 0.1) is 19.4 Å². The van der Waals surface area contributed by atoms with Gasteiger partial charge in [-0.15, -0.1) is 11.3 Å². The van der Waals surface area contributed by atoms with Crippen LogP contribution in [0.25, 0.3) is 16.3 Å². The van der Waals surface area contributed by atoms with Gasteiger partial charge in [-0.25, -0.2) is 4.68 Å². The van der Waals surface area contributed by atoms with Crippen LogP contribution in [-0.2, 0) is 6.42 Å². The van der Waals surface area contributed by atoms with Crippen LogP contribution in [0.5, 0.6) is 0 Å². The number of hydrogen-bond donors (Lipinski definition) is 1. The maximum absolute atomic E-state index is 6.33. The van der Waals surface area contributed by atoms with Crippen molar-refractivity contribution in [3.63, 3.8) is 0 Å². The molecule has 0 amide bonds. The highest BCUT2D eigenvalue weighted by Crippen LogP contribution is 2.39. The molecule has 21 heavy (non-hydrogen) atoms. The lowest BCUT2D eigenvalue weighted by Crippen LogP contribution is -2.04. The molecule has 106 valence electrons. The summed E-state index contributed by atoms with van der Waals surface area (Å²) in [5, 5.41) is 8.94. The Morgan fingerprint density at radius 1 is 1.24 bits per heavy atom. The lowest BCUT2D eigenvalue weighted by atomic mass is 10.2. The normalized spacial score (nSPS) is 13.2. The molecule has 4 rings (SSSR count). The molecule has 0 saturated heterocycles. The topological polar surface area (TPSA) is 29.9 Å². The molecule has 0 saturated carbocycles. The van der Waals surface area contributed by atoms with Crippen molar-refractivity contribution in [2.75, 3.05) is 11.9 Å². The number of benzene rings is 1. The molecular formula is C15H11BrClN3S. The van der Waals surface area contributed by atoms with E-state index >= 15 is 0 Å². The lowest BCUT2D eigenvalue weighted by molar-refractivity contribution is 0.883. The molecule has 0 bridgehead atoms. The van der Waals surface area contributed by atoms with Crippen molar-refractivity contribution < 1.29 is 0 Å². The van der Waals surface area contributed by atoms with Crippen LogP contribution >= 0.6 is 38.9 Å². The van der Waals surface area contributed by atoms with Gasteiger partial charge < -0.3 is 5.32 Å². The fraction of sp³-hybridized carbons (Fsp3) is 0.133. The zero-order chi connectivity index (χ0) is 14.4. The van der Waals surface area contributed by atoms with Crippen LogP contribution in [0.2, 0.25) is 5.02 Å². The monoisotopic (exact) mass is 379 g/mol.